The molecular weight excluding hydrogens is 314 g/mol. The smallest absolute Gasteiger partial charge is 0.317 e. The lowest BCUT2D eigenvalue weighted by molar-refractivity contribution is -0.138. The van der Waals surface area contributed by atoms with Crippen LogP contribution in [-0.2, 0) is 11.3 Å². The second-order valence-electron chi connectivity index (χ2n) is 4.06. The summed E-state index contributed by atoms with van der Waals surface area (Å²) in [6.45, 7) is 3.64. The van der Waals surface area contributed by atoms with Crippen molar-refractivity contribution >= 4 is 33.7 Å². The maximum Gasteiger partial charge on any atom is 0.317 e. The van der Waals surface area contributed by atoms with Gasteiger partial charge >= 0.3 is 5.97 Å². The molecule has 0 saturated heterocycles. The minimum absolute atomic E-state index is 0.0950. The Balaban J connectivity index is 2.82. The predicted octanol–water partition coefficient (Wildman–Crippen LogP) is 3.47. The van der Waals surface area contributed by atoms with Gasteiger partial charge in [0.05, 0.1) is 6.54 Å². The van der Waals surface area contributed by atoms with Crippen LogP contribution in [0.5, 0.6) is 0 Å². The van der Waals surface area contributed by atoms with E-state index in [-0.39, 0.29) is 6.54 Å². The van der Waals surface area contributed by atoms with Gasteiger partial charge < -0.3 is 5.11 Å². The molecule has 0 radical (unpaired) electrons. The molecule has 0 aliphatic carbocycles. The van der Waals surface area contributed by atoms with Gasteiger partial charge in [-0.25, -0.2) is 0 Å². The minimum Gasteiger partial charge on any atom is -0.480 e. The van der Waals surface area contributed by atoms with Crippen molar-refractivity contribution in [2.75, 3.05) is 19.3 Å². The SMILES string of the molecule is CCCN(CC(=O)O)Cc1ccc(Br)cc1SC. The van der Waals surface area contributed by atoms with E-state index in [9.17, 15) is 4.79 Å². The Morgan fingerprint density at radius 2 is 2.22 bits per heavy atom. The van der Waals surface area contributed by atoms with E-state index < -0.39 is 5.97 Å². The first-order chi connectivity index (χ1) is 8.56. The third-order valence-corrected chi connectivity index (χ3v) is 3.85. The molecule has 0 bridgehead atoms. The molecule has 0 aromatic heterocycles. The van der Waals surface area contributed by atoms with Gasteiger partial charge in [0.1, 0.15) is 0 Å². The number of halogens is 1. The van der Waals surface area contributed by atoms with E-state index in [0.717, 1.165) is 17.4 Å². The van der Waals surface area contributed by atoms with Crippen LogP contribution < -0.4 is 0 Å². The van der Waals surface area contributed by atoms with E-state index in [1.54, 1.807) is 11.8 Å². The first-order valence-electron chi connectivity index (χ1n) is 5.83. The first-order valence-corrected chi connectivity index (χ1v) is 7.85. The van der Waals surface area contributed by atoms with Crippen LogP contribution in [0.3, 0.4) is 0 Å². The van der Waals surface area contributed by atoms with Crippen LogP contribution in [0.4, 0.5) is 0 Å². The van der Waals surface area contributed by atoms with Crippen molar-refractivity contribution in [3.8, 4) is 0 Å². The van der Waals surface area contributed by atoms with E-state index >= 15 is 0 Å². The number of benzene rings is 1. The molecule has 1 aromatic rings. The lowest BCUT2D eigenvalue weighted by atomic mass is 10.2. The molecule has 0 heterocycles. The van der Waals surface area contributed by atoms with Crippen molar-refractivity contribution in [3.63, 3.8) is 0 Å². The normalized spacial score (nSPS) is 10.9. The molecular formula is C13H18BrNO2S. The van der Waals surface area contributed by atoms with Crippen molar-refractivity contribution in [1.29, 1.82) is 0 Å². The van der Waals surface area contributed by atoms with Crippen molar-refractivity contribution < 1.29 is 9.90 Å². The Hall–Kier alpha value is -0.520. The fourth-order valence-electron chi connectivity index (χ4n) is 1.81. The number of nitrogens with zero attached hydrogens (tertiary/aromatic N) is 1. The van der Waals surface area contributed by atoms with Gasteiger partial charge in [-0.05, 0) is 36.9 Å². The van der Waals surface area contributed by atoms with Crippen LogP contribution >= 0.6 is 27.7 Å². The quantitative estimate of drug-likeness (QED) is 0.776. The predicted molar refractivity (Wildman–Crippen MR) is 79.1 cm³/mol. The van der Waals surface area contributed by atoms with Crippen LogP contribution in [-0.4, -0.2) is 35.3 Å². The van der Waals surface area contributed by atoms with E-state index in [0.29, 0.717) is 6.54 Å². The molecule has 0 fully saturated rings. The number of hydrogen-bond donors (Lipinski definition) is 1. The molecule has 3 nitrogen and oxygen atoms in total. The van der Waals surface area contributed by atoms with E-state index in [1.165, 1.54) is 10.5 Å². The Morgan fingerprint density at radius 1 is 1.50 bits per heavy atom. The van der Waals surface area contributed by atoms with Gasteiger partial charge in [-0.3, -0.25) is 9.69 Å². The Bertz CT molecular complexity index is 412. The van der Waals surface area contributed by atoms with E-state index in [2.05, 4.69) is 35.0 Å². The molecule has 5 heteroatoms. The monoisotopic (exact) mass is 331 g/mol. The average molecular weight is 332 g/mol. The highest BCUT2D eigenvalue weighted by atomic mass is 79.9. The zero-order valence-electron chi connectivity index (χ0n) is 10.6. The van der Waals surface area contributed by atoms with Gasteiger partial charge in [0.2, 0.25) is 0 Å². The summed E-state index contributed by atoms with van der Waals surface area (Å²) in [6.07, 6.45) is 2.99. The van der Waals surface area contributed by atoms with Gasteiger partial charge in [-0.15, -0.1) is 11.8 Å². The molecule has 1 aromatic carbocycles. The molecule has 0 spiro atoms. The Kier molecular flexibility index (Phi) is 6.75. The molecule has 0 aliphatic heterocycles. The number of rotatable bonds is 7. The summed E-state index contributed by atoms with van der Waals surface area (Å²) >= 11 is 5.14. The number of aliphatic carboxylic acids is 1. The molecule has 1 N–H and O–H groups in total. The summed E-state index contributed by atoms with van der Waals surface area (Å²) in [4.78, 5) is 14.0. The first kappa shape index (κ1) is 15.5. The largest absolute Gasteiger partial charge is 0.480 e. The summed E-state index contributed by atoms with van der Waals surface area (Å²) in [5.41, 5.74) is 1.18. The van der Waals surface area contributed by atoms with Crippen molar-refractivity contribution in [1.82, 2.24) is 4.90 Å². The fraction of sp³-hybridized carbons (Fsp3) is 0.462. The third-order valence-electron chi connectivity index (χ3n) is 2.54. The molecule has 18 heavy (non-hydrogen) atoms. The third kappa shape index (κ3) is 5.00. The van der Waals surface area contributed by atoms with Crippen molar-refractivity contribution in [2.45, 2.75) is 24.8 Å². The van der Waals surface area contributed by atoms with Crippen LogP contribution in [0.2, 0.25) is 0 Å². The van der Waals surface area contributed by atoms with Crippen LogP contribution in [0.15, 0.2) is 27.6 Å². The summed E-state index contributed by atoms with van der Waals surface area (Å²) in [6, 6.07) is 6.13. The zero-order valence-corrected chi connectivity index (χ0v) is 13.1. The lowest BCUT2D eigenvalue weighted by Gasteiger charge is -2.21. The van der Waals surface area contributed by atoms with Gasteiger partial charge in [-0.2, -0.15) is 0 Å². The molecule has 0 unspecified atom stereocenters. The number of carboxylic acids is 1. The molecule has 1 rings (SSSR count). The van der Waals surface area contributed by atoms with Gasteiger partial charge in [0, 0.05) is 15.9 Å². The summed E-state index contributed by atoms with van der Waals surface area (Å²) < 4.78 is 1.05. The highest BCUT2D eigenvalue weighted by Crippen LogP contribution is 2.25. The highest BCUT2D eigenvalue weighted by Gasteiger charge is 2.11. The summed E-state index contributed by atoms with van der Waals surface area (Å²) in [5, 5.41) is 8.90. The van der Waals surface area contributed by atoms with Crippen molar-refractivity contribution in [2.24, 2.45) is 0 Å². The maximum absolute atomic E-state index is 10.8. The maximum atomic E-state index is 10.8. The number of hydrogen-bond acceptors (Lipinski definition) is 3. The van der Waals surface area contributed by atoms with Crippen LogP contribution in [0.1, 0.15) is 18.9 Å². The summed E-state index contributed by atoms with van der Waals surface area (Å²) in [7, 11) is 0. The van der Waals surface area contributed by atoms with Gasteiger partial charge in [0.15, 0.2) is 0 Å². The number of carboxylic acid groups (broad SMARTS) is 1. The fourth-order valence-corrected chi connectivity index (χ4v) is 2.96. The highest BCUT2D eigenvalue weighted by molar-refractivity contribution is 9.10. The molecule has 0 aliphatic rings. The van der Waals surface area contributed by atoms with Crippen LogP contribution in [0, 0.1) is 0 Å². The number of thioether (sulfide) groups is 1. The van der Waals surface area contributed by atoms with Gasteiger partial charge in [-0.1, -0.05) is 28.9 Å². The van der Waals surface area contributed by atoms with E-state index in [1.807, 2.05) is 17.2 Å². The standard InChI is InChI=1S/C13H18BrNO2S/c1-3-6-15(9-13(16)17)8-10-4-5-11(14)7-12(10)18-2/h4-5,7H,3,6,8-9H2,1-2H3,(H,16,17). The average Bonchev–Trinajstić information content (AvgIpc) is 2.31. The topological polar surface area (TPSA) is 40.5 Å². The van der Waals surface area contributed by atoms with Crippen LogP contribution in [0.25, 0.3) is 0 Å². The Labute approximate surface area is 121 Å². The minimum atomic E-state index is -0.772. The summed E-state index contributed by atoms with van der Waals surface area (Å²) in [5.74, 6) is -0.772. The van der Waals surface area contributed by atoms with Gasteiger partial charge in [0.25, 0.3) is 0 Å². The molecule has 0 saturated carbocycles. The molecule has 0 amide bonds. The Morgan fingerprint density at radius 3 is 2.78 bits per heavy atom. The number of carbonyl (C=O) groups is 1. The molecule has 100 valence electrons. The second-order valence-corrected chi connectivity index (χ2v) is 5.82. The lowest BCUT2D eigenvalue weighted by Crippen LogP contribution is -2.30. The second kappa shape index (κ2) is 7.81. The zero-order chi connectivity index (χ0) is 13.5. The van der Waals surface area contributed by atoms with Crippen molar-refractivity contribution in [3.05, 3.63) is 28.2 Å². The molecule has 0 atom stereocenters. The van der Waals surface area contributed by atoms with E-state index in [4.69, 9.17) is 5.11 Å².